The molecule has 0 saturated carbocycles. The summed E-state index contributed by atoms with van der Waals surface area (Å²) in [5, 5.41) is 0. The highest BCUT2D eigenvalue weighted by Gasteiger charge is 2.31. The Balaban J connectivity index is 1.67. The topological polar surface area (TPSA) is 41.5 Å². The van der Waals surface area contributed by atoms with Crippen LogP contribution in [-0.2, 0) is 4.74 Å². The number of ether oxygens (including phenoxy) is 1. The van der Waals surface area contributed by atoms with Crippen LogP contribution in [0, 0.1) is 6.92 Å². The molecule has 3 heterocycles. The molecule has 5 heteroatoms. The number of aryl methyl sites for hydroxylation is 1. The fourth-order valence-corrected chi connectivity index (χ4v) is 3.59. The standard InChI is InChI=1S/C16H26N4O/c1-12-6-7-17-16(18-12)20-8-4-5-15(20)11-19-9-13(2)21-14(3)10-19/h6-7,13-15H,4-5,8-11H2,1-3H3. The summed E-state index contributed by atoms with van der Waals surface area (Å²) in [5.41, 5.74) is 1.04. The molecule has 1 aromatic heterocycles. The molecule has 3 rings (SSSR count). The van der Waals surface area contributed by atoms with Crippen LogP contribution >= 0.6 is 0 Å². The number of nitrogens with zero attached hydrogens (tertiary/aromatic N) is 4. The first-order chi connectivity index (χ1) is 10.1. The molecule has 0 amide bonds. The highest BCUT2D eigenvalue weighted by Crippen LogP contribution is 2.24. The zero-order valence-corrected chi connectivity index (χ0v) is 13.3. The van der Waals surface area contributed by atoms with Crippen molar-refractivity contribution >= 4 is 5.95 Å². The summed E-state index contributed by atoms with van der Waals surface area (Å²) >= 11 is 0. The second kappa shape index (κ2) is 6.28. The molecule has 0 spiro atoms. The van der Waals surface area contributed by atoms with Gasteiger partial charge in [-0.1, -0.05) is 0 Å². The van der Waals surface area contributed by atoms with Crippen molar-refractivity contribution in [2.24, 2.45) is 0 Å². The number of aromatic nitrogens is 2. The van der Waals surface area contributed by atoms with Gasteiger partial charge in [-0.25, -0.2) is 9.97 Å². The summed E-state index contributed by atoms with van der Waals surface area (Å²) in [7, 11) is 0. The minimum atomic E-state index is 0.332. The van der Waals surface area contributed by atoms with Crippen LogP contribution in [0.3, 0.4) is 0 Å². The number of rotatable bonds is 3. The monoisotopic (exact) mass is 290 g/mol. The molecule has 2 saturated heterocycles. The van der Waals surface area contributed by atoms with E-state index in [2.05, 4.69) is 33.6 Å². The Morgan fingerprint density at radius 2 is 2.05 bits per heavy atom. The fraction of sp³-hybridized carbons (Fsp3) is 0.750. The highest BCUT2D eigenvalue weighted by molar-refractivity contribution is 5.34. The molecule has 0 aromatic carbocycles. The smallest absolute Gasteiger partial charge is 0.225 e. The van der Waals surface area contributed by atoms with Gasteiger partial charge in [0.1, 0.15) is 0 Å². The van der Waals surface area contributed by atoms with Gasteiger partial charge in [0.2, 0.25) is 5.95 Å². The van der Waals surface area contributed by atoms with Crippen molar-refractivity contribution in [1.82, 2.24) is 14.9 Å². The van der Waals surface area contributed by atoms with Gasteiger partial charge in [0.15, 0.2) is 0 Å². The quantitative estimate of drug-likeness (QED) is 0.850. The number of anilines is 1. The Morgan fingerprint density at radius 3 is 2.76 bits per heavy atom. The van der Waals surface area contributed by atoms with Crippen LogP contribution in [0.4, 0.5) is 5.95 Å². The average molecular weight is 290 g/mol. The van der Waals surface area contributed by atoms with Gasteiger partial charge in [0.05, 0.1) is 12.2 Å². The third kappa shape index (κ3) is 3.52. The van der Waals surface area contributed by atoms with Gasteiger partial charge in [-0.05, 0) is 39.7 Å². The summed E-state index contributed by atoms with van der Waals surface area (Å²) in [4.78, 5) is 14.0. The first-order valence-electron chi connectivity index (χ1n) is 8.06. The molecule has 0 radical (unpaired) electrons. The van der Waals surface area contributed by atoms with E-state index >= 15 is 0 Å². The van der Waals surface area contributed by atoms with Crippen molar-refractivity contribution in [2.75, 3.05) is 31.1 Å². The summed E-state index contributed by atoms with van der Waals surface area (Å²) in [6.45, 7) is 10.6. The van der Waals surface area contributed by atoms with E-state index in [0.29, 0.717) is 18.2 Å². The molecule has 0 N–H and O–H groups in total. The van der Waals surface area contributed by atoms with E-state index in [1.807, 2.05) is 19.2 Å². The van der Waals surface area contributed by atoms with E-state index in [9.17, 15) is 0 Å². The van der Waals surface area contributed by atoms with Gasteiger partial charge in [-0.2, -0.15) is 0 Å². The summed E-state index contributed by atoms with van der Waals surface area (Å²) < 4.78 is 5.83. The van der Waals surface area contributed by atoms with Crippen molar-refractivity contribution < 1.29 is 4.74 Å². The number of morpholine rings is 1. The Labute approximate surface area is 127 Å². The minimum absolute atomic E-state index is 0.332. The Morgan fingerprint density at radius 1 is 1.29 bits per heavy atom. The summed E-state index contributed by atoms with van der Waals surface area (Å²) in [6.07, 6.45) is 5.00. The van der Waals surface area contributed by atoms with Crippen molar-refractivity contribution in [2.45, 2.75) is 51.9 Å². The van der Waals surface area contributed by atoms with E-state index < -0.39 is 0 Å². The van der Waals surface area contributed by atoms with E-state index in [0.717, 1.165) is 37.8 Å². The Kier molecular flexibility index (Phi) is 4.40. The van der Waals surface area contributed by atoms with Crippen LogP contribution in [0.5, 0.6) is 0 Å². The van der Waals surface area contributed by atoms with E-state index in [-0.39, 0.29) is 0 Å². The second-order valence-corrected chi connectivity index (χ2v) is 6.46. The molecule has 2 fully saturated rings. The molecule has 5 nitrogen and oxygen atoms in total. The maximum atomic E-state index is 5.83. The van der Waals surface area contributed by atoms with Crippen molar-refractivity contribution in [3.8, 4) is 0 Å². The third-order valence-corrected chi connectivity index (χ3v) is 4.38. The SMILES string of the molecule is Cc1ccnc(N2CCCC2CN2CC(C)OC(C)C2)n1. The molecule has 116 valence electrons. The number of hydrogen-bond donors (Lipinski definition) is 0. The zero-order valence-electron chi connectivity index (χ0n) is 13.3. The lowest BCUT2D eigenvalue weighted by molar-refractivity contribution is -0.0690. The Hall–Kier alpha value is -1.20. The van der Waals surface area contributed by atoms with Crippen molar-refractivity contribution in [3.63, 3.8) is 0 Å². The molecule has 1 aromatic rings. The third-order valence-electron chi connectivity index (χ3n) is 4.38. The van der Waals surface area contributed by atoms with Crippen LogP contribution in [0.15, 0.2) is 12.3 Å². The fourth-order valence-electron chi connectivity index (χ4n) is 3.59. The van der Waals surface area contributed by atoms with Gasteiger partial charge in [-0.15, -0.1) is 0 Å². The van der Waals surface area contributed by atoms with E-state index in [4.69, 9.17) is 4.74 Å². The molecule has 0 aliphatic carbocycles. The summed E-state index contributed by atoms with van der Waals surface area (Å²) in [6, 6.07) is 2.49. The van der Waals surface area contributed by atoms with Gasteiger partial charge in [0.25, 0.3) is 0 Å². The second-order valence-electron chi connectivity index (χ2n) is 6.46. The van der Waals surface area contributed by atoms with E-state index in [1.54, 1.807) is 0 Å². The molecule has 2 aliphatic heterocycles. The predicted molar refractivity (Wildman–Crippen MR) is 83.6 cm³/mol. The highest BCUT2D eigenvalue weighted by atomic mass is 16.5. The first kappa shape index (κ1) is 14.7. The minimum Gasteiger partial charge on any atom is -0.373 e. The van der Waals surface area contributed by atoms with Crippen LogP contribution < -0.4 is 4.90 Å². The zero-order chi connectivity index (χ0) is 14.8. The van der Waals surface area contributed by atoms with Crippen molar-refractivity contribution in [3.05, 3.63) is 18.0 Å². The van der Waals surface area contributed by atoms with Gasteiger partial charge in [0, 0.05) is 44.1 Å². The molecular weight excluding hydrogens is 264 g/mol. The van der Waals surface area contributed by atoms with Crippen molar-refractivity contribution in [1.29, 1.82) is 0 Å². The molecule has 2 aliphatic rings. The molecule has 3 atom stereocenters. The maximum Gasteiger partial charge on any atom is 0.225 e. The molecule has 3 unspecified atom stereocenters. The largest absolute Gasteiger partial charge is 0.373 e. The lowest BCUT2D eigenvalue weighted by atomic mass is 10.1. The van der Waals surface area contributed by atoms with Gasteiger partial charge in [-0.3, -0.25) is 4.90 Å². The van der Waals surface area contributed by atoms with Crippen LogP contribution in [0.2, 0.25) is 0 Å². The van der Waals surface area contributed by atoms with Crippen LogP contribution in [-0.4, -0.2) is 59.3 Å². The normalized spacial score (nSPS) is 30.8. The maximum absolute atomic E-state index is 5.83. The molecular formula is C16H26N4O. The number of hydrogen-bond acceptors (Lipinski definition) is 5. The first-order valence-corrected chi connectivity index (χ1v) is 8.06. The summed E-state index contributed by atoms with van der Waals surface area (Å²) in [5.74, 6) is 0.895. The van der Waals surface area contributed by atoms with Crippen LogP contribution in [0.1, 0.15) is 32.4 Å². The van der Waals surface area contributed by atoms with E-state index in [1.165, 1.54) is 12.8 Å². The van der Waals surface area contributed by atoms with Gasteiger partial charge >= 0.3 is 0 Å². The molecule has 21 heavy (non-hydrogen) atoms. The predicted octanol–water partition coefficient (Wildman–Crippen LogP) is 1.86. The Bertz CT molecular complexity index is 471. The lowest BCUT2D eigenvalue weighted by Gasteiger charge is -2.38. The molecule has 0 bridgehead atoms. The lowest BCUT2D eigenvalue weighted by Crippen LogP contribution is -2.50. The van der Waals surface area contributed by atoms with Gasteiger partial charge < -0.3 is 9.64 Å². The van der Waals surface area contributed by atoms with Crippen LogP contribution in [0.25, 0.3) is 0 Å². The average Bonchev–Trinajstić information content (AvgIpc) is 2.85.